The molecule has 0 aliphatic carbocycles. The molecule has 0 saturated carbocycles. The molecule has 3 N–H and O–H groups in total. The Morgan fingerprint density at radius 2 is 2.28 bits per heavy atom. The number of carbonyl (C=O) groups excluding carboxylic acids is 2. The van der Waals surface area contributed by atoms with Crippen molar-refractivity contribution in [1.29, 1.82) is 0 Å². The van der Waals surface area contributed by atoms with Crippen LogP contribution in [0.5, 0.6) is 0 Å². The molecular weight excluding hydrogens is 234 g/mol. The Kier molecular flexibility index (Phi) is 6.67. The van der Waals surface area contributed by atoms with Crippen molar-refractivity contribution in [3.63, 3.8) is 0 Å². The minimum Gasteiger partial charge on any atom is -0.378 e. The Labute approximate surface area is 108 Å². The lowest BCUT2D eigenvalue weighted by Crippen LogP contribution is -2.48. The highest BCUT2D eigenvalue weighted by molar-refractivity contribution is 5.87. The minimum absolute atomic E-state index is 0.0460. The number of rotatable bonds is 6. The van der Waals surface area contributed by atoms with Crippen molar-refractivity contribution in [2.45, 2.75) is 38.8 Å². The zero-order chi connectivity index (χ0) is 13.4. The van der Waals surface area contributed by atoms with Crippen molar-refractivity contribution in [2.75, 3.05) is 26.3 Å². The molecular formula is C12H23N3O3. The van der Waals surface area contributed by atoms with Crippen LogP contribution in [-0.2, 0) is 14.3 Å². The number of morpholine rings is 1. The first-order valence-corrected chi connectivity index (χ1v) is 6.51. The van der Waals surface area contributed by atoms with E-state index in [4.69, 9.17) is 4.74 Å². The van der Waals surface area contributed by atoms with Crippen molar-refractivity contribution < 1.29 is 14.3 Å². The lowest BCUT2D eigenvalue weighted by Gasteiger charge is -2.24. The third-order valence-electron chi connectivity index (χ3n) is 2.75. The number of amides is 2. The predicted molar refractivity (Wildman–Crippen MR) is 68.1 cm³/mol. The monoisotopic (exact) mass is 257 g/mol. The molecule has 0 bridgehead atoms. The van der Waals surface area contributed by atoms with E-state index < -0.39 is 6.04 Å². The predicted octanol–water partition coefficient (Wildman–Crippen LogP) is -0.604. The summed E-state index contributed by atoms with van der Waals surface area (Å²) < 4.78 is 5.27. The van der Waals surface area contributed by atoms with E-state index in [1.807, 2.05) is 6.92 Å². The minimum atomic E-state index is -0.492. The fraction of sp³-hybridized carbons (Fsp3) is 0.833. The van der Waals surface area contributed by atoms with Gasteiger partial charge in [0, 0.05) is 25.6 Å². The van der Waals surface area contributed by atoms with E-state index in [2.05, 4.69) is 16.0 Å². The smallest absolute Gasteiger partial charge is 0.242 e. The topological polar surface area (TPSA) is 79.5 Å². The summed E-state index contributed by atoms with van der Waals surface area (Å²) in [6.07, 6.45) is 1.22. The Morgan fingerprint density at radius 1 is 1.50 bits per heavy atom. The quantitative estimate of drug-likeness (QED) is 0.593. The van der Waals surface area contributed by atoms with E-state index in [-0.39, 0.29) is 17.9 Å². The summed E-state index contributed by atoms with van der Waals surface area (Å²) in [5.41, 5.74) is 0. The molecule has 2 unspecified atom stereocenters. The first kappa shape index (κ1) is 14.9. The van der Waals surface area contributed by atoms with Crippen molar-refractivity contribution in [1.82, 2.24) is 16.0 Å². The average Bonchev–Trinajstić information content (AvgIpc) is 2.36. The summed E-state index contributed by atoms with van der Waals surface area (Å²) >= 11 is 0. The van der Waals surface area contributed by atoms with Gasteiger partial charge in [0.25, 0.3) is 0 Å². The van der Waals surface area contributed by atoms with Gasteiger partial charge in [-0.1, -0.05) is 6.92 Å². The maximum atomic E-state index is 11.7. The number of carbonyl (C=O) groups is 2. The second-order valence-corrected chi connectivity index (χ2v) is 4.51. The highest BCUT2D eigenvalue weighted by atomic mass is 16.5. The Hall–Kier alpha value is -1.14. The van der Waals surface area contributed by atoms with Gasteiger partial charge in [0.05, 0.1) is 13.2 Å². The standard InChI is InChI=1S/C12H23N3O3/c1-3-4-14-12(17)9(2)15-11(16)7-10-8-18-6-5-13-10/h9-10,13H,3-8H2,1-2H3,(H,14,17)(H,15,16). The van der Waals surface area contributed by atoms with Gasteiger partial charge in [-0.2, -0.15) is 0 Å². The van der Waals surface area contributed by atoms with E-state index in [1.54, 1.807) is 6.92 Å². The molecule has 0 aromatic heterocycles. The molecule has 1 saturated heterocycles. The molecule has 6 heteroatoms. The Morgan fingerprint density at radius 3 is 2.89 bits per heavy atom. The van der Waals surface area contributed by atoms with Gasteiger partial charge in [0.15, 0.2) is 0 Å². The number of ether oxygens (including phenoxy) is 1. The molecule has 6 nitrogen and oxygen atoms in total. The van der Waals surface area contributed by atoms with Gasteiger partial charge >= 0.3 is 0 Å². The molecule has 18 heavy (non-hydrogen) atoms. The largest absolute Gasteiger partial charge is 0.378 e. The highest BCUT2D eigenvalue weighted by Gasteiger charge is 2.20. The molecule has 1 heterocycles. The molecule has 1 rings (SSSR count). The van der Waals surface area contributed by atoms with Crippen LogP contribution in [0.3, 0.4) is 0 Å². The molecule has 1 aliphatic heterocycles. The first-order valence-electron chi connectivity index (χ1n) is 6.51. The van der Waals surface area contributed by atoms with Crippen molar-refractivity contribution >= 4 is 11.8 Å². The van der Waals surface area contributed by atoms with Gasteiger partial charge in [-0.25, -0.2) is 0 Å². The molecule has 1 fully saturated rings. The summed E-state index contributed by atoms with van der Waals surface area (Å²) in [5, 5.41) is 8.64. The summed E-state index contributed by atoms with van der Waals surface area (Å²) in [7, 11) is 0. The number of nitrogens with one attached hydrogen (secondary N) is 3. The number of hydrogen-bond acceptors (Lipinski definition) is 4. The third-order valence-corrected chi connectivity index (χ3v) is 2.75. The fourth-order valence-corrected chi connectivity index (χ4v) is 1.74. The third kappa shape index (κ3) is 5.46. The van der Waals surface area contributed by atoms with Crippen LogP contribution >= 0.6 is 0 Å². The van der Waals surface area contributed by atoms with Crippen molar-refractivity contribution in [3.05, 3.63) is 0 Å². The normalized spacial score (nSPS) is 21.1. The molecule has 0 aromatic rings. The Bertz CT molecular complexity index is 278. The molecule has 104 valence electrons. The van der Waals surface area contributed by atoms with Crippen LogP contribution in [-0.4, -0.2) is 50.2 Å². The zero-order valence-corrected chi connectivity index (χ0v) is 11.1. The van der Waals surface area contributed by atoms with Gasteiger partial charge in [0.1, 0.15) is 6.04 Å². The average molecular weight is 257 g/mol. The second kappa shape index (κ2) is 8.05. The van der Waals surface area contributed by atoms with Gasteiger partial charge in [-0.05, 0) is 13.3 Å². The zero-order valence-electron chi connectivity index (χ0n) is 11.1. The molecule has 0 radical (unpaired) electrons. The summed E-state index contributed by atoms with van der Waals surface area (Å²) in [4.78, 5) is 23.3. The fourth-order valence-electron chi connectivity index (χ4n) is 1.74. The summed E-state index contributed by atoms with van der Waals surface area (Å²) in [6.45, 7) is 6.31. The van der Waals surface area contributed by atoms with Gasteiger partial charge < -0.3 is 20.7 Å². The Balaban J connectivity index is 2.23. The van der Waals surface area contributed by atoms with E-state index in [0.717, 1.165) is 13.0 Å². The van der Waals surface area contributed by atoms with Gasteiger partial charge in [-0.3, -0.25) is 9.59 Å². The summed E-state index contributed by atoms with van der Waals surface area (Å²) in [5.74, 6) is -0.268. The van der Waals surface area contributed by atoms with E-state index in [9.17, 15) is 9.59 Å². The van der Waals surface area contributed by atoms with Crippen LogP contribution in [0.25, 0.3) is 0 Å². The molecule has 2 amide bonds. The van der Waals surface area contributed by atoms with E-state index in [0.29, 0.717) is 26.2 Å². The van der Waals surface area contributed by atoms with Crippen molar-refractivity contribution in [2.24, 2.45) is 0 Å². The lowest BCUT2D eigenvalue weighted by atomic mass is 10.2. The molecule has 2 atom stereocenters. The van der Waals surface area contributed by atoms with Gasteiger partial charge in [-0.15, -0.1) is 0 Å². The van der Waals surface area contributed by atoms with Crippen LogP contribution in [0.15, 0.2) is 0 Å². The second-order valence-electron chi connectivity index (χ2n) is 4.51. The van der Waals surface area contributed by atoms with Crippen LogP contribution in [0, 0.1) is 0 Å². The molecule has 0 spiro atoms. The van der Waals surface area contributed by atoms with Crippen LogP contribution < -0.4 is 16.0 Å². The maximum absolute atomic E-state index is 11.7. The molecule has 0 aromatic carbocycles. The summed E-state index contributed by atoms with van der Waals surface area (Å²) in [6, 6.07) is -0.446. The van der Waals surface area contributed by atoms with Crippen LogP contribution in [0.4, 0.5) is 0 Å². The van der Waals surface area contributed by atoms with E-state index >= 15 is 0 Å². The number of hydrogen-bond donors (Lipinski definition) is 3. The van der Waals surface area contributed by atoms with Crippen LogP contribution in [0.1, 0.15) is 26.7 Å². The van der Waals surface area contributed by atoms with E-state index in [1.165, 1.54) is 0 Å². The first-order chi connectivity index (χ1) is 8.63. The maximum Gasteiger partial charge on any atom is 0.242 e. The lowest BCUT2D eigenvalue weighted by molar-refractivity contribution is -0.129. The van der Waals surface area contributed by atoms with Gasteiger partial charge in [0.2, 0.25) is 11.8 Å². The van der Waals surface area contributed by atoms with Crippen molar-refractivity contribution in [3.8, 4) is 0 Å². The molecule has 1 aliphatic rings. The highest BCUT2D eigenvalue weighted by Crippen LogP contribution is 1.98. The SMILES string of the molecule is CCCNC(=O)C(C)NC(=O)CC1COCCN1. The van der Waals surface area contributed by atoms with Crippen LogP contribution in [0.2, 0.25) is 0 Å².